The van der Waals surface area contributed by atoms with E-state index < -0.39 is 0 Å². The Kier molecular flexibility index (Phi) is 3.56. The van der Waals surface area contributed by atoms with Crippen molar-refractivity contribution in [2.24, 2.45) is 0 Å². The number of benzene rings is 2. The van der Waals surface area contributed by atoms with Gasteiger partial charge in [0, 0.05) is 11.8 Å². The molecule has 1 N–H and O–H groups in total. The number of anilines is 2. The van der Waals surface area contributed by atoms with Gasteiger partial charge in [-0.25, -0.2) is 14.4 Å². The molecule has 25 heavy (non-hydrogen) atoms. The maximum Gasteiger partial charge on any atom is 0.302 e. The van der Waals surface area contributed by atoms with Gasteiger partial charge >= 0.3 is 6.01 Å². The number of para-hydroxylation sites is 2. The fourth-order valence-electron chi connectivity index (χ4n) is 2.39. The third-order valence-corrected chi connectivity index (χ3v) is 3.56. The summed E-state index contributed by atoms with van der Waals surface area (Å²) in [5.74, 6) is -0.161. The number of fused-ring (bicyclic) bond motifs is 1. The Bertz CT molecular complexity index is 1070. The predicted octanol–water partition coefficient (Wildman–Crippen LogP) is 4.04. The Morgan fingerprint density at radius 2 is 1.84 bits per heavy atom. The van der Waals surface area contributed by atoms with E-state index in [1.165, 1.54) is 18.3 Å². The van der Waals surface area contributed by atoms with Crippen molar-refractivity contribution in [1.29, 1.82) is 5.26 Å². The molecule has 2 aromatic carbocycles. The molecule has 0 spiro atoms. The van der Waals surface area contributed by atoms with Crippen molar-refractivity contribution in [2.45, 2.75) is 0 Å². The van der Waals surface area contributed by atoms with Gasteiger partial charge in [0.15, 0.2) is 11.3 Å². The first-order chi connectivity index (χ1) is 12.2. The lowest BCUT2D eigenvalue weighted by Gasteiger charge is -2.05. The number of nitriles is 1. The molecular formula is C18H10FN5O. The van der Waals surface area contributed by atoms with Gasteiger partial charge in [0.05, 0.1) is 0 Å². The molecule has 4 rings (SSSR count). The molecule has 0 aliphatic carbocycles. The van der Waals surface area contributed by atoms with Gasteiger partial charge in [0.1, 0.15) is 17.4 Å². The fraction of sp³-hybridized carbons (Fsp3) is 0. The fourth-order valence-corrected chi connectivity index (χ4v) is 2.39. The highest BCUT2D eigenvalue weighted by Gasteiger charge is 2.12. The van der Waals surface area contributed by atoms with Crippen LogP contribution in [0.1, 0.15) is 5.69 Å². The van der Waals surface area contributed by atoms with Crippen LogP contribution < -0.4 is 5.32 Å². The number of hydrogen-bond acceptors (Lipinski definition) is 6. The minimum Gasteiger partial charge on any atom is -0.423 e. The van der Waals surface area contributed by atoms with E-state index in [4.69, 9.17) is 4.42 Å². The molecule has 6 nitrogen and oxygen atoms in total. The van der Waals surface area contributed by atoms with E-state index in [2.05, 4.69) is 20.3 Å². The monoisotopic (exact) mass is 331 g/mol. The average molecular weight is 331 g/mol. The number of rotatable bonds is 3. The lowest BCUT2D eigenvalue weighted by Crippen LogP contribution is -2.00. The molecule has 0 amide bonds. The molecule has 7 heteroatoms. The van der Waals surface area contributed by atoms with Gasteiger partial charge in [-0.1, -0.05) is 24.3 Å². The first-order valence-electron chi connectivity index (χ1n) is 7.38. The molecule has 0 saturated heterocycles. The van der Waals surface area contributed by atoms with Gasteiger partial charge in [0.2, 0.25) is 5.95 Å². The Hall–Kier alpha value is -3.79. The van der Waals surface area contributed by atoms with Gasteiger partial charge in [-0.05, 0) is 29.8 Å². The smallest absolute Gasteiger partial charge is 0.302 e. The van der Waals surface area contributed by atoms with E-state index in [-0.39, 0.29) is 23.5 Å². The molecule has 0 atom stereocenters. The van der Waals surface area contributed by atoms with Crippen LogP contribution >= 0.6 is 0 Å². The Morgan fingerprint density at radius 3 is 2.60 bits per heavy atom. The van der Waals surface area contributed by atoms with Crippen LogP contribution in [-0.4, -0.2) is 15.0 Å². The zero-order valence-electron chi connectivity index (χ0n) is 12.8. The molecule has 2 heterocycles. The molecule has 2 aromatic heterocycles. The van der Waals surface area contributed by atoms with Crippen LogP contribution in [0.15, 0.2) is 59.1 Å². The summed E-state index contributed by atoms with van der Waals surface area (Å²) in [6.45, 7) is 0. The minimum absolute atomic E-state index is 0.167. The van der Waals surface area contributed by atoms with Crippen LogP contribution in [0.5, 0.6) is 0 Å². The van der Waals surface area contributed by atoms with E-state index in [9.17, 15) is 9.65 Å². The summed E-state index contributed by atoms with van der Waals surface area (Å²) >= 11 is 0. The SMILES string of the molecule is N#Cc1nc(Nc2nc3ccccc3o2)ncc1-c1ccc(F)cc1. The number of aromatic nitrogens is 3. The van der Waals surface area contributed by atoms with E-state index in [0.29, 0.717) is 22.2 Å². The number of nitrogens with one attached hydrogen (secondary N) is 1. The second-order valence-electron chi connectivity index (χ2n) is 5.19. The largest absolute Gasteiger partial charge is 0.423 e. The van der Waals surface area contributed by atoms with E-state index in [0.717, 1.165) is 0 Å². The molecule has 4 aromatic rings. The van der Waals surface area contributed by atoms with Gasteiger partial charge in [-0.15, -0.1) is 0 Å². The lowest BCUT2D eigenvalue weighted by atomic mass is 10.1. The summed E-state index contributed by atoms with van der Waals surface area (Å²) in [4.78, 5) is 12.6. The standard InChI is InChI=1S/C18H10FN5O/c19-12-7-5-11(6-8-12)13-10-21-17(22-15(13)9-20)24-18-23-14-3-1-2-4-16(14)25-18/h1-8,10H,(H,21,22,23,24). The summed E-state index contributed by atoms with van der Waals surface area (Å²) in [7, 11) is 0. The van der Waals surface area contributed by atoms with Gasteiger partial charge in [-0.2, -0.15) is 10.2 Å². The second-order valence-corrected chi connectivity index (χ2v) is 5.19. The van der Waals surface area contributed by atoms with E-state index >= 15 is 0 Å². The summed E-state index contributed by atoms with van der Waals surface area (Å²) in [5.41, 5.74) is 2.68. The van der Waals surface area contributed by atoms with Gasteiger partial charge < -0.3 is 4.42 Å². The van der Waals surface area contributed by atoms with Crippen molar-refractivity contribution < 1.29 is 8.81 Å². The van der Waals surface area contributed by atoms with Crippen LogP contribution in [0.25, 0.3) is 22.2 Å². The summed E-state index contributed by atoms with van der Waals surface area (Å²) < 4.78 is 18.6. The topological polar surface area (TPSA) is 87.6 Å². The van der Waals surface area contributed by atoms with Crippen molar-refractivity contribution in [1.82, 2.24) is 15.0 Å². The van der Waals surface area contributed by atoms with Crippen molar-refractivity contribution in [3.05, 3.63) is 66.2 Å². The molecule has 0 fully saturated rings. The maximum absolute atomic E-state index is 13.1. The highest BCUT2D eigenvalue weighted by molar-refractivity contribution is 5.75. The molecule has 120 valence electrons. The van der Waals surface area contributed by atoms with Crippen LogP contribution in [0, 0.1) is 17.1 Å². The molecule has 0 saturated carbocycles. The number of oxazole rings is 1. The van der Waals surface area contributed by atoms with Crippen molar-refractivity contribution in [3.8, 4) is 17.2 Å². The molecule has 0 aliphatic heterocycles. The predicted molar refractivity (Wildman–Crippen MR) is 89.4 cm³/mol. The Morgan fingerprint density at radius 1 is 1.04 bits per heavy atom. The number of hydrogen-bond donors (Lipinski definition) is 1. The van der Waals surface area contributed by atoms with Gasteiger partial charge in [-0.3, -0.25) is 5.32 Å². The lowest BCUT2D eigenvalue weighted by molar-refractivity contribution is 0.621. The summed E-state index contributed by atoms with van der Waals surface area (Å²) in [6, 6.07) is 15.4. The Labute approximate surface area is 141 Å². The third kappa shape index (κ3) is 2.88. The minimum atomic E-state index is -0.350. The first-order valence-corrected chi connectivity index (χ1v) is 7.38. The van der Waals surface area contributed by atoms with Crippen LogP contribution in [-0.2, 0) is 0 Å². The van der Waals surface area contributed by atoms with Crippen LogP contribution in [0.2, 0.25) is 0 Å². The van der Waals surface area contributed by atoms with Crippen LogP contribution in [0.4, 0.5) is 16.4 Å². The number of halogens is 1. The van der Waals surface area contributed by atoms with Crippen molar-refractivity contribution in [3.63, 3.8) is 0 Å². The molecular weight excluding hydrogens is 321 g/mol. The van der Waals surface area contributed by atoms with Gasteiger partial charge in [0.25, 0.3) is 0 Å². The van der Waals surface area contributed by atoms with E-state index in [1.54, 1.807) is 18.2 Å². The van der Waals surface area contributed by atoms with E-state index in [1.807, 2.05) is 24.3 Å². The normalized spacial score (nSPS) is 10.6. The van der Waals surface area contributed by atoms with Crippen molar-refractivity contribution >= 4 is 23.1 Å². The quantitative estimate of drug-likeness (QED) is 0.609. The Balaban J connectivity index is 1.67. The zero-order valence-corrected chi connectivity index (χ0v) is 12.8. The van der Waals surface area contributed by atoms with Crippen LogP contribution in [0.3, 0.4) is 0 Å². The zero-order chi connectivity index (χ0) is 17.2. The van der Waals surface area contributed by atoms with Crippen molar-refractivity contribution in [2.75, 3.05) is 5.32 Å². The average Bonchev–Trinajstić information content (AvgIpc) is 3.04. The molecule has 0 bridgehead atoms. The second kappa shape index (κ2) is 6.02. The molecule has 0 radical (unpaired) electrons. The summed E-state index contributed by atoms with van der Waals surface area (Å²) in [5, 5.41) is 12.2. The highest BCUT2D eigenvalue weighted by Crippen LogP contribution is 2.24. The maximum atomic E-state index is 13.1. The summed E-state index contributed by atoms with van der Waals surface area (Å²) in [6.07, 6.45) is 1.50. The molecule has 0 aliphatic rings. The highest BCUT2D eigenvalue weighted by atomic mass is 19.1. The third-order valence-electron chi connectivity index (χ3n) is 3.56. The molecule has 0 unspecified atom stereocenters. The number of nitrogens with zero attached hydrogens (tertiary/aromatic N) is 4. The first kappa shape index (κ1) is 14.8.